The van der Waals surface area contributed by atoms with Crippen molar-refractivity contribution in [2.45, 2.75) is 47.0 Å². The third-order valence-electron chi connectivity index (χ3n) is 2.84. The van der Waals surface area contributed by atoms with Gasteiger partial charge in [0.15, 0.2) is 0 Å². The molecule has 0 saturated heterocycles. The van der Waals surface area contributed by atoms with Gasteiger partial charge in [-0.05, 0) is 37.5 Å². The summed E-state index contributed by atoms with van der Waals surface area (Å²) in [5.41, 5.74) is 0.295. The van der Waals surface area contributed by atoms with E-state index in [1.54, 1.807) is 0 Å². The van der Waals surface area contributed by atoms with Crippen LogP contribution in [0.5, 0.6) is 0 Å². The molecule has 0 bridgehead atoms. The lowest BCUT2D eigenvalue weighted by Gasteiger charge is -2.42. The van der Waals surface area contributed by atoms with E-state index >= 15 is 0 Å². The predicted octanol–water partition coefficient (Wildman–Crippen LogP) is 3.36. The fourth-order valence-electron chi connectivity index (χ4n) is 3.07. The highest BCUT2D eigenvalue weighted by atomic mass is 14.5. The van der Waals surface area contributed by atoms with Gasteiger partial charge in [-0.3, -0.25) is 0 Å². The minimum atomic E-state index is -0.0683. The molecule has 2 unspecified atom stereocenters. The maximum Gasteiger partial charge on any atom is 0.0687 e. The molecule has 0 aliphatic heterocycles. The molecule has 1 heteroatoms. The number of nitriles is 1. The molecular formula is C11H19N. The Bertz CT molecular complexity index is 212. The average molecular weight is 165 g/mol. The summed E-state index contributed by atoms with van der Waals surface area (Å²) in [5.74, 6) is 0.707. The number of nitrogens with zero attached hydrogens (tertiary/aromatic N) is 1. The van der Waals surface area contributed by atoms with Crippen molar-refractivity contribution in [1.29, 1.82) is 5.26 Å². The normalized spacial score (nSPS) is 40.4. The molecule has 0 heterocycles. The lowest BCUT2D eigenvalue weighted by atomic mass is 9.62. The molecule has 0 spiro atoms. The monoisotopic (exact) mass is 165 g/mol. The molecule has 12 heavy (non-hydrogen) atoms. The molecule has 0 aromatic carbocycles. The van der Waals surface area contributed by atoms with Gasteiger partial charge in [-0.2, -0.15) is 5.26 Å². The molecule has 1 aliphatic carbocycles. The molecule has 1 rings (SSSR count). The second kappa shape index (κ2) is 2.76. The first-order chi connectivity index (χ1) is 5.37. The Morgan fingerprint density at radius 1 is 1.25 bits per heavy atom. The van der Waals surface area contributed by atoms with Crippen molar-refractivity contribution in [2.75, 3.05) is 0 Å². The van der Waals surface area contributed by atoms with Gasteiger partial charge >= 0.3 is 0 Å². The van der Waals surface area contributed by atoms with Gasteiger partial charge in [-0.15, -0.1) is 0 Å². The molecule has 1 saturated carbocycles. The van der Waals surface area contributed by atoms with Crippen LogP contribution in [0.15, 0.2) is 0 Å². The smallest absolute Gasteiger partial charge is 0.0687 e. The van der Waals surface area contributed by atoms with E-state index < -0.39 is 0 Å². The Morgan fingerprint density at radius 2 is 1.83 bits per heavy atom. The molecule has 1 aliphatic rings. The van der Waals surface area contributed by atoms with Crippen molar-refractivity contribution in [1.82, 2.24) is 0 Å². The maximum absolute atomic E-state index is 9.05. The van der Waals surface area contributed by atoms with Crippen LogP contribution >= 0.6 is 0 Å². The van der Waals surface area contributed by atoms with Gasteiger partial charge in [-0.25, -0.2) is 0 Å². The first-order valence-electron chi connectivity index (χ1n) is 4.78. The van der Waals surface area contributed by atoms with Crippen molar-refractivity contribution in [3.63, 3.8) is 0 Å². The largest absolute Gasteiger partial charge is 0.198 e. The summed E-state index contributed by atoms with van der Waals surface area (Å²) < 4.78 is 0. The summed E-state index contributed by atoms with van der Waals surface area (Å²) >= 11 is 0. The second-order valence-electron chi connectivity index (χ2n) is 5.53. The van der Waals surface area contributed by atoms with Gasteiger partial charge < -0.3 is 0 Å². The van der Waals surface area contributed by atoms with Gasteiger partial charge in [0.05, 0.1) is 11.5 Å². The molecule has 0 amide bonds. The van der Waals surface area contributed by atoms with E-state index in [4.69, 9.17) is 5.26 Å². The quantitative estimate of drug-likeness (QED) is 0.540. The lowest BCUT2D eigenvalue weighted by Crippen LogP contribution is -2.33. The Balaban J connectivity index is 2.78. The van der Waals surface area contributed by atoms with E-state index in [-0.39, 0.29) is 5.41 Å². The van der Waals surface area contributed by atoms with Crippen LogP contribution in [-0.2, 0) is 0 Å². The van der Waals surface area contributed by atoms with Crippen LogP contribution in [0.4, 0.5) is 0 Å². The summed E-state index contributed by atoms with van der Waals surface area (Å²) in [7, 11) is 0. The molecule has 0 N–H and O–H groups in total. The highest BCUT2D eigenvalue weighted by Crippen LogP contribution is 2.47. The van der Waals surface area contributed by atoms with Crippen molar-refractivity contribution >= 4 is 0 Å². The number of hydrogen-bond donors (Lipinski definition) is 0. The van der Waals surface area contributed by atoms with Crippen LogP contribution in [0.2, 0.25) is 0 Å². The molecule has 68 valence electrons. The van der Waals surface area contributed by atoms with Crippen LogP contribution < -0.4 is 0 Å². The summed E-state index contributed by atoms with van der Waals surface area (Å²) in [4.78, 5) is 0. The first kappa shape index (κ1) is 9.58. The van der Waals surface area contributed by atoms with E-state index in [0.29, 0.717) is 11.3 Å². The Hall–Kier alpha value is -0.510. The van der Waals surface area contributed by atoms with E-state index in [9.17, 15) is 0 Å². The summed E-state index contributed by atoms with van der Waals surface area (Å²) in [6.45, 7) is 8.91. The van der Waals surface area contributed by atoms with E-state index in [1.807, 2.05) is 0 Å². The Morgan fingerprint density at radius 3 is 2.25 bits per heavy atom. The fraction of sp³-hybridized carbons (Fsp3) is 0.909. The summed E-state index contributed by atoms with van der Waals surface area (Å²) in [6, 6.07) is 2.47. The molecular weight excluding hydrogens is 146 g/mol. The van der Waals surface area contributed by atoms with Crippen molar-refractivity contribution < 1.29 is 0 Å². The van der Waals surface area contributed by atoms with Gasteiger partial charge in [0, 0.05) is 0 Å². The molecule has 0 aromatic heterocycles. The predicted molar refractivity (Wildman–Crippen MR) is 50.5 cm³/mol. The molecule has 1 fully saturated rings. The van der Waals surface area contributed by atoms with Crippen LogP contribution in [0.3, 0.4) is 0 Å². The summed E-state index contributed by atoms with van der Waals surface area (Å²) in [5, 5.41) is 9.05. The average Bonchev–Trinajstić information content (AvgIpc) is 1.82. The Labute approximate surface area is 75.8 Å². The van der Waals surface area contributed by atoms with E-state index in [2.05, 4.69) is 33.8 Å². The number of hydrogen-bond acceptors (Lipinski definition) is 1. The van der Waals surface area contributed by atoms with E-state index in [0.717, 1.165) is 12.8 Å². The van der Waals surface area contributed by atoms with Crippen LogP contribution in [0.25, 0.3) is 0 Å². The van der Waals surface area contributed by atoms with Crippen LogP contribution in [-0.4, -0.2) is 0 Å². The van der Waals surface area contributed by atoms with Gasteiger partial charge in [0.25, 0.3) is 0 Å². The lowest BCUT2D eigenvalue weighted by molar-refractivity contribution is 0.101. The van der Waals surface area contributed by atoms with Crippen LogP contribution in [0, 0.1) is 28.1 Å². The first-order valence-corrected chi connectivity index (χ1v) is 4.78. The zero-order valence-corrected chi connectivity index (χ0v) is 8.65. The zero-order chi connectivity index (χ0) is 9.41. The molecule has 2 atom stereocenters. The van der Waals surface area contributed by atoms with Gasteiger partial charge in [0.2, 0.25) is 0 Å². The SMILES string of the molecule is CC1CC(C)(C)CC(C)(C#N)C1. The van der Waals surface area contributed by atoms with Gasteiger partial charge in [0.1, 0.15) is 0 Å². The molecule has 0 aromatic rings. The summed E-state index contributed by atoms with van der Waals surface area (Å²) in [6.07, 6.45) is 3.40. The van der Waals surface area contributed by atoms with Gasteiger partial charge in [-0.1, -0.05) is 20.8 Å². The minimum Gasteiger partial charge on any atom is -0.198 e. The highest BCUT2D eigenvalue weighted by molar-refractivity contribution is 5.02. The topological polar surface area (TPSA) is 23.8 Å². The highest BCUT2D eigenvalue weighted by Gasteiger charge is 2.39. The van der Waals surface area contributed by atoms with Crippen molar-refractivity contribution in [2.24, 2.45) is 16.7 Å². The Kier molecular flexibility index (Phi) is 2.21. The zero-order valence-electron chi connectivity index (χ0n) is 8.65. The van der Waals surface area contributed by atoms with Crippen LogP contribution in [0.1, 0.15) is 47.0 Å². The van der Waals surface area contributed by atoms with E-state index in [1.165, 1.54) is 6.42 Å². The van der Waals surface area contributed by atoms with Crippen molar-refractivity contribution in [3.05, 3.63) is 0 Å². The fourth-order valence-corrected chi connectivity index (χ4v) is 3.07. The second-order valence-corrected chi connectivity index (χ2v) is 5.53. The molecule has 0 radical (unpaired) electrons. The third-order valence-corrected chi connectivity index (χ3v) is 2.84. The standard InChI is InChI=1S/C11H19N/c1-9-5-10(2,3)7-11(4,6-9)8-12/h9H,5-7H2,1-4H3. The van der Waals surface area contributed by atoms with Crippen molar-refractivity contribution in [3.8, 4) is 6.07 Å². The minimum absolute atomic E-state index is 0.0683. The third kappa shape index (κ3) is 2.00. The maximum atomic E-state index is 9.05. The molecule has 1 nitrogen and oxygen atoms in total. The number of rotatable bonds is 0.